The van der Waals surface area contributed by atoms with Crippen LogP contribution < -0.4 is 20.7 Å². The highest BCUT2D eigenvalue weighted by molar-refractivity contribution is 6.14. The number of nitrogens with two attached hydrogens (primary N) is 1. The van der Waals surface area contributed by atoms with Crippen LogP contribution in [0.2, 0.25) is 0 Å². The van der Waals surface area contributed by atoms with E-state index in [1.165, 1.54) is 24.5 Å². The molecule has 0 amide bonds. The van der Waals surface area contributed by atoms with E-state index in [9.17, 15) is 4.39 Å². The van der Waals surface area contributed by atoms with Crippen LogP contribution in [0.1, 0.15) is 12.8 Å². The first-order valence-electron chi connectivity index (χ1n) is 10.2. The summed E-state index contributed by atoms with van der Waals surface area (Å²) in [6, 6.07) is 4.92. The van der Waals surface area contributed by atoms with Gasteiger partial charge < -0.3 is 25.7 Å². The fraction of sp³-hybridized carbons (Fsp3) is 0.333. The molecule has 4 aromatic rings. The number of aromatic amines is 1. The Morgan fingerprint density at radius 1 is 1.29 bits per heavy atom. The highest BCUT2D eigenvalue weighted by Gasteiger charge is 2.54. The minimum Gasteiger partial charge on any atom is -0.422 e. The van der Waals surface area contributed by atoms with E-state index in [0.29, 0.717) is 29.4 Å². The zero-order valence-corrected chi connectivity index (χ0v) is 16.9. The van der Waals surface area contributed by atoms with Gasteiger partial charge in [-0.3, -0.25) is 0 Å². The van der Waals surface area contributed by atoms with Crippen molar-refractivity contribution in [1.29, 1.82) is 0 Å². The first kappa shape index (κ1) is 18.3. The highest BCUT2D eigenvalue weighted by atomic mass is 19.1. The highest BCUT2D eigenvalue weighted by Crippen LogP contribution is 2.53. The van der Waals surface area contributed by atoms with Crippen LogP contribution in [-0.2, 0) is 0 Å². The van der Waals surface area contributed by atoms with Gasteiger partial charge in [-0.05, 0) is 25.0 Å². The third-order valence-electron chi connectivity index (χ3n) is 6.42. The molecule has 1 atom stereocenters. The molecular formula is C21H21FN8O. The van der Waals surface area contributed by atoms with Gasteiger partial charge in [-0.25, -0.2) is 4.39 Å². The summed E-state index contributed by atoms with van der Waals surface area (Å²) in [7, 11) is 1.76. The van der Waals surface area contributed by atoms with Gasteiger partial charge in [0.1, 0.15) is 17.3 Å². The van der Waals surface area contributed by atoms with Crippen LogP contribution in [-0.4, -0.2) is 51.3 Å². The summed E-state index contributed by atoms with van der Waals surface area (Å²) in [5.74, 6) is 0.846. The second-order valence-corrected chi connectivity index (χ2v) is 8.33. The number of fused-ring (bicyclic) bond motifs is 3. The molecule has 3 aromatic heterocycles. The number of halogens is 1. The Hall–Kier alpha value is -3.53. The Morgan fingerprint density at radius 3 is 2.87 bits per heavy atom. The number of hydrogen-bond donors (Lipinski definition) is 3. The van der Waals surface area contributed by atoms with E-state index in [1.54, 1.807) is 13.1 Å². The van der Waals surface area contributed by atoms with Crippen LogP contribution in [0.25, 0.3) is 21.9 Å². The molecule has 4 N–H and O–H groups in total. The third kappa shape index (κ3) is 2.86. The van der Waals surface area contributed by atoms with Crippen molar-refractivity contribution in [2.75, 3.05) is 30.4 Å². The van der Waals surface area contributed by atoms with Gasteiger partial charge in [0.25, 0.3) is 0 Å². The number of ether oxygens (including phenoxy) is 1. The molecule has 158 valence electrons. The Kier molecular flexibility index (Phi) is 3.82. The molecule has 9 nitrogen and oxygen atoms in total. The summed E-state index contributed by atoms with van der Waals surface area (Å²) in [5, 5.41) is 12.1. The maximum Gasteiger partial charge on any atom is 0.326 e. The van der Waals surface area contributed by atoms with Gasteiger partial charge in [0.2, 0.25) is 0 Å². The predicted molar refractivity (Wildman–Crippen MR) is 115 cm³/mol. The van der Waals surface area contributed by atoms with Crippen LogP contribution >= 0.6 is 0 Å². The molecule has 1 spiro atoms. The fourth-order valence-electron chi connectivity index (χ4n) is 4.58. The SMILES string of the molecule is CNc1cc(F)cc2c1[nH]c1nc(Oc3ccnnc3)nc(N3C[C@H](N)C4(CC4)C3)c12. The summed E-state index contributed by atoms with van der Waals surface area (Å²) in [4.78, 5) is 14.8. The molecule has 1 aliphatic heterocycles. The first-order valence-corrected chi connectivity index (χ1v) is 10.2. The van der Waals surface area contributed by atoms with Crippen molar-refractivity contribution in [1.82, 2.24) is 25.1 Å². The van der Waals surface area contributed by atoms with E-state index in [4.69, 9.17) is 15.5 Å². The lowest BCUT2D eigenvalue weighted by molar-refractivity contribution is 0.440. The lowest BCUT2D eigenvalue weighted by Gasteiger charge is -2.19. The second-order valence-electron chi connectivity index (χ2n) is 8.33. The Morgan fingerprint density at radius 2 is 2.16 bits per heavy atom. The van der Waals surface area contributed by atoms with Crippen LogP contribution in [0.4, 0.5) is 15.9 Å². The van der Waals surface area contributed by atoms with E-state index in [0.717, 1.165) is 35.7 Å². The molecule has 1 saturated heterocycles. The molecule has 31 heavy (non-hydrogen) atoms. The minimum atomic E-state index is -0.330. The van der Waals surface area contributed by atoms with Gasteiger partial charge in [-0.15, -0.1) is 0 Å². The number of H-pyrrole nitrogens is 1. The predicted octanol–water partition coefficient (Wildman–Crippen LogP) is 2.80. The zero-order chi connectivity index (χ0) is 21.2. The normalized spacial score (nSPS) is 19.5. The molecule has 4 heterocycles. The Bertz CT molecular complexity index is 1300. The molecule has 6 rings (SSSR count). The summed E-state index contributed by atoms with van der Waals surface area (Å²) in [5.41, 5.74) is 8.60. The largest absolute Gasteiger partial charge is 0.422 e. The van der Waals surface area contributed by atoms with Gasteiger partial charge in [0, 0.05) is 43.0 Å². The summed E-state index contributed by atoms with van der Waals surface area (Å²) < 4.78 is 20.3. The number of benzene rings is 1. The first-order chi connectivity index (χ1) is 15.1. The summed E-state index contributed by atoms with van der Waals surface area (Å²) >= 11 is 0. The van der Waals surface area contributed by atoms with Gasteiger partial charge in [-0.2, -0.15) is 20.2 Å². The van der Waals surface area contributed by atoms with Gasteiger partial charge in [0.05, 0.1) is 29.0 Å². The lowest BCUT2D eigenvalue weighted by atomic mass is 10.0. The van der Waals surface area contributed by atoms with Crippen molar-refractivity contribution in [2.24, 2.45) is 11.1 Å². The van der Waals surface area contributed by atoms with Crippen LogP contribution in [0.5, 0.6) is 11.8 Å². The number of anilines is 2. The van der Waals surface area contributed by atoms with Crippen molar-refractivity contribution in [3.05, 3.63) is 36.4 Å². The van der Waals surface area contributed by atoms with E-state index in [2.05, 4.69) is 30.4 Å². The molecule has 0 bridgehead atoms. The number of hydrogen-bond acceptors (Lipinski definition) is 8. The van der Waals surface area contributed by atoms with Crippen molar-refractivity contribution in [2.45, 2.75) is 18.9 Å². The lowest BCUT2D eigenvalue weighted by Crippen LogP contribution is -2.30. The molecular weight excluding hydrogens is 399 g/mol. The fourth-order valence-corrected chi connectivity index (χ4v) is 4.58. The molecule has 1 saturated carbocycles. The molecule has 2 aliphatic rings. The van der Waals surface area contributed by atoms with Crippen molar-refractivity contribution >= 4 is 33.4 Å². The molecule has 10 heteroatoms. The Labute approximate surface area is 176 Å². The van der Waals surface area contributed by atoms with Crippen molar-refractivity contribution in [3.63, 3.8) is 0 Å². The van der Waals surface area contributed by atoms with Crippen molar-refractivity contribution in [3.8, 4) is 11.8 Å². The quantitative estimate of drug-likeness (QED) is 0.461. The van der Waals surface area contributed by atoms with Crippen molar-refractivity contribution < 1.29 is 9.13 Å². The Balaban J connectivity index is 1.56. The molecule has 1 aliphatic carbocycles. The van der Waals surface area contributed by atoms with Crippen LogP contribution in [0.3, 0.4) is 0 Å². The van der Waals surface area contributed by atoms with E-state index >= 15 is 0 Å². The molecule has 1 aromatic carbocycles. The van der Waals surface area contributed by atoms with Gasteiger partial charge in [0.15, 0.2) is 5.75 Å². The topological polar surface area (TPSA) is 118 Å². The van der Waals surface area contributed by atoms with Gasteiger partial charge >= 0.3 is 6.01 Å². The summed E-state index contributed by atoms with van der Waals surface area (Å²) in [6.45, 7) is 1.50. The van der Waals surface area contributed by atoms with E-state index in [-0.39, 0.29) is 23.3 Å². The van der Waals surface area contributed by atoms with E-state index < -0.39 is 0 Å². The van der Waals surface area contributed by atoms with E-state index in [1.807, 2.05) is 0 Å². The molecule has 0 radical (unpaired) electrons. The zero-order valence-electron chi connectivity index (χ0n) is 16.9. The minimum absolute atomic E-state index is 0.0843. The number of nitrogens with zero attached hydrogens (tertiary/aromatic N) is 5. The standard InChI is InChI=1S/C21H21FN8O/c1-24-14-7-11(22)6-13-16-18(27-17(13)14)28-20(31-12-2-5-25-26-8-12)29-19(16)30-9-15(23)21(10-30)3-4-21/h2,5-8,15,24H,3-4,9-10,23H2,1H3,(H,27,28,29)/t15-/m0/s1. The number of aromatic nitrogens is 5. The van der Waals surface area contributed by atoms with Crippen LogP contribution in [0, 0.1) is 11.2 Å². The molecule has 2 fully saturated rings. The maximum atomic E-state index is 14.4. The van der Waals surface area contributed by atoms with Gasteiger partial charge in [-0.1, -0.05) is 0 Å². The smallest absolute Gasteiger partial charge is 0.326 e. The third-order valence-corrected chi connectivity index (χ3v) is 6.42. The average molecular weight is 420 g/mol. The maximum absolute atomic E-state index is 14.4. The average Bonchev–Trinajstić information content (AvgIpc) is 3.35. The monoisotopic (exact) mass is 420 g/mol. The molecule has 0 unspecified atom stereocenters. The summed E-state index contributed by atoms with van der Waals surface area (Å²) in [6.07, 6.45) is 5.28. The second kappa shape index (κ2) is 6.48. The van der Waals surface area contributed by atoms with Crippen LogP contribution in [0.15, 0.2) is 30.6 Å². The number of rotatable bonds is 4. The number of nitrogens with one attached hydrogen (secondary N) is 2.